The number of piperazine rings is 8. The Bertz CT molecular complexity index is 4920. The summed E-state index contributed by atoms with van der Waals surface area (Å²) < 4.78 is 0. The van der Waals surface area contributed by atoms with Crippen molar-refractivity contribution in [2.45, 2.75) is 235 Å². The molecular weight excluding hydrogens is 1740 g/mol. The zero-order valence-corrected chi connectivity index (χ0v) is 91.7. The second kappa shape index (κ2) is 55.1. The van der Waals surface area contributed by atoms with Crippen molar-refractivity contribution in [1.29, 1.82) is 0 Å². The summed E-state index contributed by atoms with van der Waals surface area (Å²) in [5.41, 5.74) is 24.8. The Morgan fingerprint density at radius 3 is 0.880 bits per heavy atom. The number of nitrogens with zero attached hydrogens (tertiary/aromatic N) is 17. The number of likely N-dealkylation sites (tertiary alicyclic amines) is 1. The van der Waals surface area contributed by atoms with Gasteiger partial charge in [0, 0.05) is 271 Å². The Labute approximate surface area is 863 Å². The number of benzene rings is 9. The van der Waals surface area contributed by atoms with E-state index in [-0.39, 0.29) is 0 Å². The van der Waals surface area contributed by atoms with Crippen molar-refractivity contribution >= 4 is 39.8 Å². The highest BCUT2D eigenvalue weighted by Crippen LogP contribution is 2.34. The van der Waals surface area contributed by atoms with Crippen LogP contribution in [0.1, 0.15) is 179 Å². The van der Waals surface area contributed by atoms with Gasteiger partial charge in [-0.15, -0.1) is 0 Å². The van der Waals surface area contributed by atoms with Crippen LogP contribution in [0.4, 0.5) is 39.8 Å². The van der Waals surface area contributed by atoms with Gasteiger partial charge in [-0.2, -0.15) is 0 Å². The smallest absolute Gasteiger partial charge is 0.0367 e. The number of hydrogen-bond donors (Lipinski definition) is 0. The van der Waals surface area contributed by atoms with E-state index in [0.717, 1.165) is 82.4 Å². The van der Waals surface area contributed by atoms with Crippen LogP contribution in [-0.2, 0) is 6.54 Å². The Balaban J connectivity index is 0.000000127. The van der Waals surface area contributed by atoms with E-state index in [1.165, 1.54) is 335 Å². The molecule has 17 heteroatoms. The molecule has 13 fully saturated rings. The van der Waals surface area contributed by atoms with E-state index in [1.54, 1.807) is 0 Å². The van der Waals surface area contributed by atoms with Crippen molar-refractivity contribution in [2.75, 3.05) is 265 Å². The molecule has 0 radical (unpaired) electrons. The lowest BCUT2D eigenvalue weighted by Crippen LogP contribution is -2.55. The molecule has 0 N–H and O–H groups in total. The van der Waals surface area contributed by atoms with Gasteiger partial charge in [0.1, 0.15) is 0 Å². The SMILES string of the molecule is Cc1ccc(C2CCN(C)CC2)cc1.Cc1ccc(CN2CCN(C)CC2)cc1.Cc1ccc(N2CC(C)N(C)C(C)C2)cc1.Cc1ccc(N2CCN(C(C)C)CC2)cc1.Cc1ccc(N2CCN(C)C(C)C2)cc1.Cc1ccc(N2CCN(C3CC3)CC2)cc1.Cc1ccc(N2CCN(C3CCC3)CC2)cc1.Cc1ccc(N2CCN3CCCC3C2)cc1.Cc1ccc(N2CCN3CCCCC3C2)cc1. The fraction of sp³-hybridized carbons (Fsp3) is 0.568. The number of anilines is 7. The fourth-order valence-corrected chi connectivity index (χ4v) is 22.3. The largest absolute Gasteiger partial charge is 0.369 e. The molecule has 5 unspecified atom stereocenters. The molecule has 22 rings (SSSR count). The van der Waals surface area contributed by atoms with Crippen molar-refractivity contribution < 1.29 is 0 Å². The monoisotopic (exact) mass is 1930 g/mol. The summed E-state index contributed by atoms with van der Waals surface area (Å²) in [5, 5.41) is 0. The molecule has 142 heavy (non-hydrogen) atoms. The van der Waals surface area contributed by atoms with E-state index in [0.29, 0.717) is 24.2 Å². The molecule has 0 aromatic heterocycles. The highest BCUT2D eigenvalue weighted by Gasteiger charge is 2.35. The lowest BCUT2D eigenvalue weighted by Gasteiger charge is -2.45. The Morgan fingerprint density at radius 1 is 0.232 bits per heavy atom. The minimum absolute atomic E-state index is 0.630. The van der Waals surface area contributed by atoms with E-state index in [9.17, 15) is 0 Å². The first-order valence-electron chi connectivity index (χ1n) is 55.8. The Hall–Kier alpha value is -8.82. The maximum absolute atomic E-state index is 2.69. The number of hydrogen-bond acceptors (Lipinski definition) is 17. The van der Waals surface area contributed by atoms with Gasteiger partial charge in [-0.05, 0) is 317 Å². The minimum atomic E-state index is 0.630. The molecule has 2 saturated carbocycles. The normalized spacial score (nSPS) is 22.8. The van der Waals surface area contributed by atoms with Gasteiger partial charge in [0.25, 0.3) is 0 Å². The fourth-order valence-electron chi connectivity index (χ4n) is 22.3. The zero-order valence-electron chi connectivity index (χ0n) is 91.7. The summed E-state index contributed by atoms with van der Waals surface area (Å²) in [6, 6.07) is 86.4. The van der Waals surface area contributed by atoms with Gasteiger partial charge < -0.3 is 49.0 Å². The average molecular weight is 1930 g/mol. The van der Waals surface area contributed by atoms with Crippen molar-refractivity contribution in [1.82, 2.24) is 49.0 Å². The van der Waals surface area contributed by atoms with Gasteiger partial charge in [-0.3, -0.25) is 34.3 Å². The first kappa shape index (κ1) is 109. The molecule has 2 aliphatic carbocycles. The summed E-state index contributed by atoms with van der Waals surface area (Å²) in [5.74, 6) is 0.798. The molecule has 11 heterocycles. The summed E-state index contributed by atoms with van der Waals surface area (Å²) >= 11 is 0. The average Bonchev–Trinajstić information content (AvgIpc) is 0.928. The van der Waals surface area contributed by atoms with E-state index >= 15 is 0 Å². The number of likely N-dealkylation sites (N-methyl/N-ethyl adjacent to an activating group) is 3. The van der Waals surface area contributed by atoms with Gasteiger partial charge in [-0.1, -0.05) is 196 Å². The van der Waals surface area contributed by atoms with E-state index in [1.807, 2.05) is 0 Å². The second-order valence-corrected chi connectivity index (χ2v) is 44.8. The van der Waals surface area contributed by atoms with E-state index in [4.69, 9.17) is 0 Å². The van der Waals surface area contributed by atoms with Gasteiger partial charge >= 0.3 is 0 Å². The Kier molecular flexibility index (Phi) is 42.3. The third-order valence-electron chi connectivity index (χ3n) is 33.3. The van der Waals surface area contributed by atoms with Crippen LogP contribution in [0.15, 0.2) is 218 Å². The van der Waals surface area contributed by atoms with Gasteiger partial charge in [-0.25, -0.2) is 0 Å². The topological polar surface area (TPSA) is 55.1 Å². The molecule has 0 bridgehead atoms. The van der Waals surface area contributed by atoms with Crippen LogP contribution in [0, 0.1) is 62.3 Å². The van der Waals surface area contributed by atoms with Crippen molar-refractivity contribution in [2.24, 2.45) is 0 Å². The van der Waals surface area contributed by atoms with Crippen LogP contribution < -0.4 is 34.3 Å². The number of aryl methyl sites for hydroxylation is 9. The molecule has 0 amide bonds. The zero-order chi connectivity index (χ0) is 100.0. The number of rotatable bonds is 13. The molecule has 5 atom stereocenters. The van der Waals surface area contributed by atoms with Crippen molar-refractivity contribution in [3.05, 3.63) is 280 Å². The lowest BCUT2D eigenvalue weighted by atomic mass is 9.89. The van der Waals surface area contributed by atoms with Gasteiger partial charge in [0.05, 0.1) is 0 Å². The third-order valence-corrected chi connectivity index (χ3v) is 33.3. The standard InChI is InChI=1S/2C15H22N2.2C14H20N2.2C14H22N2.2C13H20N2.C13H19N/c1-13-5-7-15(8-6-13)17-11-9-16(10-12-17)14-3-2-4-14;1-13-5-7-14(8-6-13)17-11-10-16-9-3-2-4-15(16)12-17;1-12-2-4-13(5-3-12)15-8-10-16(11-9-15)14-6-7-14;1-12-4-6-13(7-5-12)16-10-9-15-8-2-3-14(15)11-16;1-11-5-7-14(8-6-11)16-9-12(2)15(4)13(3)10-16;1-12(2)15-8-10-16(11-9-15)14-6-4-13(3)5-7-14;1-11-4-6-13(7-5-11)15-9-8-14(3)12(2)10-15;1-12-3-5-13(6-4-12)11-15-9-7-14(2)8-10-15;1-11-3-5-12(6-4-11)13-7-9-14(2)10-8-13/h5-8,14H,2-4,9-12H2,1H3;5-8,15H,2-4,9-12H2,1H3;2-5,14H,6-11H2,1H3;4-7,14H,2-3,8-11H2,1H3;5-8,12-13H,9-10H2,1-4H3;4-7,12H,8-11H2,1-3H3;4-7,12H,8-10H2,1-3H3;3-6H,7-11H2,1-2H3;3-6,13H,7-10H2,1-2H3. The van der Waals surface area contributed by atoms with Gasteiger partial charge in [0.2, 0.25) is 0 Å². The summed E-state index contributed by atoms with van der Waals surface area (Å²) in [7, 11) is 8.84. The van der Waals surface area contributed by atoms with Crippen LogP contribution in [0.3, 0.4) is 0 Å². The van der Waals surface area contributed by atoms with E-state index in [2.05, 4.69) is 427 Å². The highest BCUT2D eigenvalue weighted by atomic mass is 15.3. The van der Waals surface area contributed by atoms with Crippen LogP contribution in [-0.4, -0.2) is 328 Å². The molecule has 9 aromatic rings. The predicted molar refractivity (Wildman–Crippen MR) is 611 cm³/mol. The lowest BCUT2D eigenvalue weighted by molar-refractivity contribution is 0.120. The molecule has 17 nitrogen and oxygen atoms in total. The minimum Gasteiger partial charge on any atom is -0.369 e. The van der Waals surface area contributed by atoms with Crippen LogP contribution in [0.2, 0.25) is 0 Å². The van der Waals surface area contributed by atoms with Crippen molar-refractivity contribution in [3.63, 3.8) is 0 Å². The first-order chi connectivity index (χ1) is 68.7. The third kappa shape index (κ3) is 33.9. The molecular formula is C125H187N17. The molecule has 772 valence electrons. The molecule has 0 spiro atoms. The second-order valence-electron chi connectivity index (χ2n) is 44.8. The molecule has 11 aliphatic heterocycles. The van der Waals surface area contributed by atoms with Crippen LogP contribution >= 0.6 is 0 Å². The number of piperidine rings is 2. The van der Waals surface area contributed by atoms with Crippen LogP contribution in [0.25, 0.3) is 0 Å². The first-order valence-corrected chi connectivity index (χ1v) is 55.8. The quantitative estimate of drug-likeness (QED) is 0.110. The number of fused-ring (bicyclic) bond motifs is 2. The molecule has 9 aromatic carbocycles. The molecule has 13 aliphatic rings. The van der Waals surface area contributed by atoms with E-state index < -0.39 is 0 Å². The maximum Gasteiger partial charge on any atom is 0.0367 e. The van der Waals surface area contributed by atoms with Crippen LogP contribution in [0.5, 0.6) is 0 Å². The summed E-state index contributed by atoms with van der Waals surface area (Å²) in [4.78, 5) is 43.1. The molecule has 11 saturated heterocycles. The Morgan fingerprint density at radius 2 is 0.521 bits per heavy atom. The summed E-state index contributed by atoms with van der Waals surface area (Å²) in [6.45, 7) is 69.3. The summed E-state index contributed by atoms with van der Waals surface area (Å²) in [6.07, 6.45) is 16.8. The predicted octanol–water partition coefficient (Wildman–Crippen LogP) is 21.6. The van der Waals surface area contributed by atoms with Crippen molar-refractivity contribution in [3.8, 4) is 0 Å². The van der Waals surface area contributed by atoms with Gasteiger partial charge in [0.15, 0.2) is 0 Å². The highest BCUT2D eigenvalue weighted by molar-refractivity contribution is 5.54. The maximum atomic E-state index is 2.69.